The van der Waals surface area contributed by atoms with Crippen molar-refractivity contribution in [1.82, 2.24) is 15.0 Å². The molecule has 19 heavy (non-hydrogen) atoms. The van der Waals surface area contributed by atoms with Crippen LogP contribution < -0.4 is 15.0 Å². The van der Waals surface area contributed by atoms with E-state index >= 15 is 0 Å². The Kier molecular flexibility index (Phi) is 4.07. The van der Waals surface area contributed by atoms with Gasteiger partial charge >= 0.3 is 6.01 Å². The minimum absolute atomic E-state index is 0.302. The van der Waals surface area contributed by atoms with E-state index in [2.05, 4.69) is 39.0 Å². The van der Waals surface area contributed by atoms with Gasteiger partial charge in [-0.25, -0.2) is 0 Å². The first-order valence-corrected chi connectivity index (χ1v) is 6.83. The van der Waals surface area contributed by atoms with E-state index in [1.54, 1.807) is 7.11 Å². The maximum absolute atomic E-state index is 5.16. The first kappa shape index (κ1) is 13.8. The Morgan fingerprint density at radius 3 is 2.74 bits per heavy atom. The van der Waals surface area contributed by atoms with Crippen LogP contribution in [0.25, 0.3) is 0 Å². The number of hydrogen-bond acceptors (Lipinski definition) is 6. The molecular weight excluding hydrogens is 242 g/mol. The van der Waals surface area contributed by atoms with Gasteiger partial charge in [-0.1, -0.05) is 13.8 Å². The van der Waals surface area contributed by atoms with E-state index in [0.29, 0.717) is 23.3 Å². The lowest BCUT2D eigenvalue weighted by Gasteiger charge is -2.38. The average Bonchev–Trinajstić information content (AvgIpc) is 2.37. The van der Waals surface area contributed by atoms with E-state index in [0.717, 1.165) is 26.1 Å². The van der Waals surface area contributed by atoms with Gasteiger partial charge in [0.2, 0.25) is 11.9 Å². The molecule has 0 saturated carbocycles. The molecule has 1 aliphatic rings. The molecule has 0 aromatic carbocycles. The van der Waals surface area contributed by atoms with Gasteiger partial charge in [0.15, 0.2) is 0 Å². The number of rotatable bonds is 4. The van der Waals surface area contributed by atoms with Crippen LogP contribution in [0.4, 0.5) is 11.9 Å². The predicted octanol–water partition coefficient (Wildman–Crippen LogP) is 1.94. The Bertz CT molecular complexity index is 435. The molecule has 0 radical (unpaired) electrons. The van der Waals surface area contributed by atoms with Gasteiger partial charge in [0.05, 0.1) is 7.11 Å². The molecule has 1 aliphatic heterocycles. The Hall–Kier alpha value is -1.59. The third kappa shape index (κ3) is 3.45. The smallest absolute Gasteiger partial charge is 0.322 e. The van der Waals surface area contributed by atoms with Crippen molar-refractivity contribution in [3.05, 3.63) is 0 Å². The van der Waals surface area contributed by atoms with Gasteiger partial charge in [-0.3, -0.25) is 0 Å². The minimum Gasteiger partial charge on any atom is -0.467 e. The van der Waals surface area contributed by atoms with Crippen molar-refractivity contribution in [2.24, 2.45) is 5.41 Å². The summed E-state index contributed by atoms with van der Waals surface area (Å²) in [5.74, 6) is 1.28. The summed E-state index contributed by atoms with van der Waals surface area (Å²) >= 11 is 0. The van der Waals surface area contributed by atoms with Crippen molar-refractivity contribution < 1.29 is 4.74 Å². The molecule has 1 aromatic rings. The summed E-state index contributed by atoms with van der Waals surface area (Å²) in [5.41, 5.74) is 0.302. The Morgan fingerprint density at radius 2 is 2.11 bits per heavy atom. The van der Waals surface area contributed by atoms with E-state index in [1.165, 1.54) is 6.42 Å². The van der Waals surface area contributed by atoms with Gasteiger partial charge in [-0.15, -0.1) is 0 Å². The quantitative estimate of drug-likeness (QED) is 0.897. The van der Waals surface area contributed by atoms with Crippen molar-refractivity contribution in [3.63, 3.8) is 0 Å². The number of hydrogen-bond donors (Lipinski definition) is 1. The molecule has 1 aromatic heterocycles. The standard InChI is InChI=1S/C13H23N5O/c1-5-14-10-15-11(17-12(16-10)19-4)18-8-6-7-13(2,3)9-18/h5-9H2,1-4H3,(H,14,15,16,17). The zero-order valence-electron chi connectivity index (χ0n) is 12.2. The highest BCUT2D eigenvalue weighted by Crippen LogP contribution is 2.30. The fourth-order valence-corrected chi connectivity index (χ4v) is 2.41. The van der Waals surface area contributed by atoms with Crippen LogP contribution in [-0.2, 0) is 0 Å². The summed E-state index contributed by atoms with van der Waals surface area (Å²) in [7, 11) is 1.58. The van der Waals surface area contributed by atoms with E-state index in [4.69, 9.17) is 4.74 Å². The van der Waals surface area contributed by atoms with Crippen molar-refractivity contribution in [2.75, 3.05) is 37.0 Å². The van der Waals surface area contributed by atoms with Crippen LogP contribution in [0, 0.1) is 5.41 Å². The summed E-state index contributed by atoms with van der Waals surface area (Å²) in [5, 5.41) is 3.11. The largest absolute Gasteiger partial charge is 0.467 e. The maximum atomic E-state index is 5.16. The number of methoxy groups -OCH3 is 1. The van der Waals surface area contributed by atoms with Gasteiger partial charge < -0.3 is 15.0 Å². The summed E-state index contributed by atoms with van der Waals surface area (Å²) in [6, 6.07) is 0.365. The second kappa shape index (κ2) is 5.59. The molecular formula is C13H23N5O. The normalized spacial score (nSPS) is 18.2. The minimum atomic E-state index is 0.302. The third-order valence-electron chi connectivity index (χ3n) is 3.30. The highest BCUT2D eigenvalue weighted by atomic mass is 16.5. The molecule has 6 nitrogen and oxygen atoms in total. The Morgan fingerprint density at radius 1 is 1.32 bits per heavy atom. The van der Waals surface area contributed by atoms with Gasteiger partial charge in [0.1, 0.15) is 0 Å². The third-order valence-corrected chi connectivity index (χ3v) is 3.30. The van der Waals surface area contributed by atoms with Gasteiger partial charge in [0.25, 0.3) is 0 Å². The summed E-state index contributed by atoms with van der Waals surface area (Å²) in [4.78, 5) is 15.2. The van der Waals surface area contributed by atoms with E-state index < -0.39 is 0 Å². The molecule has 0 aliphatic carbocycles. The SMILES string of the molecule is CCNc1nc(OC)nc(N2CCCC(C)(C)C2)n1. The van der Waals surface area contributed by atoms with Crippen LogP contribution in [0.3, 0.4) is 0 Å². The molecule has 0 spiro atoms. The zero-order chi connectivity index (χ0) is 13.9. The molecule has 0 bridgehead atoms. The predicted molar refractivity (Wildman–Crippen MR) is 75.8 cm³/mol. The zero-order valence-corrected chi connectivity index (χ0v) is 12.2. The molecule has 2 heterocycles. The Balaban J connectivity index is 2.25. The van der Waals surface area contributed by atoms with E-state index in [1.807, 2.05) is 6.92 Å². The molecule has 1 saturated heterocycles. The summed E-state index contributed by atoms with van der Waals surface area (Å²) in [6.45, 7) is 9.30. The van der Waals surface area contributed by atoms with E-state index in [9.17, 15) is 0 Å². The second-order valence-corrected chi connectivity index (χ2v) is 5.67. The highest BCUT2D eigenvalue weighted by Gasteiger charge is 2.28. The first-order chi connectivity index (χ1) is 9.04. The maximum Gasteiger partial charge on any atom is 0.322 e. The molecule has 106 valence electrons. The number of aromatic nitrogens is 3. The van der Waals surface area contributed by atoms with Crippen molar-refractivity contribution in [3.8, 4) is 6.01 Å². The van der Waals surface area contributed by atoms with Crippen LogP contribution in [0.5, 0.6) is 6.01 Å². The molecule has 2 rings (SSSR count). The molecule has 6 heteroatoms. The van der Waals surface area contributed by atoms with Crippen molar-refractivity contribution in [2.45, 2.75) is 33.6 Å². The summed E-state index contributed by atoms with van der Waals surface area (Å²) in [6.07, 6.45) is 2.41. The van der Waals surface area contributed by atoms with Crippen LogP contribution in [-0.4, -0.2) is 41.7 Å². The fraction of sp³-hybridized carbons (Fsp3) is 0.769. The Labute approximate surface area is 114 Å². The van der Waals surface area contributed by atoms with E-state index in [-0.39, 0.29) is 0 Å². The van der Waals surface area contributed by atoms with Crippen molar-refractivity contribution >= 4 is 11.9 Å². The van der Waals surface area contributed by atoms with Crippen LogP contribution >= 0.6 is 0 Å². The first-order valence-electron chi connectivity index (χ1n) is 6.83. The fourth-order valence-electron chi connectivity index (χ4n) is 2.41. The molecule has 0 amide bonds. The van der Waals surface area contributed by atoms with Gasteiger partial charge in [-0.05, 0) is 25.2 Å². The van der Waals surface area contributed by atoms with Crippen LogP contribution in [0.15, 0.2) is 0 Å². The van der Waals surface area contributed by atoms with Crippen LogP contribution in [0.2, 0.25) is 0 Å². The van der Waals surface area contributed by atoms with Gasteiger partial charge in [0, 0.05) is 19.6 Å². The lowest BCUT2D eigenvalue weighted by molar-refractivity contribution is 0.289. The lowest BCUT2D eigenvalue weighted by Crippen LogP contribution is -2.41. The molecule has 1 N–H and O–H groups in total. The number of nitrogens with one attached hydrogen (secondary N) is 1. The molecule has 1 fully saturated rings. The number of piperidine rings is 1. The highest BCUT2D eigenvalue weighted by molar-refractivity contribution is 5.39. The molecule has 0 unspecified atom stereocenters. The van der Waals surface area contributed by atoms with Crippen LogP contribution in [0.1, 0.15) is 33.6 Å². The summed E-state index contributed by atoms with van der Waals surface area (Å²) < 4.78 is 5.16. The lowest BCUT2D eigenvalue weighted by atomic mass is 9.84. The van der Waals surface area contributed by atoms with Gasteiger partial charge in [-0.2, -0.15) is 15.0 Å². The van der Waals surface area contributed by atoms with Crippen molar-refractivity contribution in [1.29, 1.82) is 0 Å². The molecule has 0 atom stereocenters. The monoisotopic (exact) mass is 265 g/mol. The average molecular weight is 265 g/mol. The number of ether oxygens (including phenoxy) is 1. The number of nitrogens with zero attached hydrogens (tertiary/aromatic N) is 4. The number of anilines is 2. The second-order valence-electron chi connectivity index (χ2n) is 5.67. The topological polar surface area (TPSA) is 63.2 Å².